The number of carboxylic acids is 1. The van der Waals surface area contributed by atoms with Gasteiger partial charge in [-0.2, -0.15) is 0 Å². The maximum atomic E-state index is 13.1. The Morgan fingerprint density at radius 1 is 1.44 bits per heavy atom. The van der Waals surface area contributed by atoms with Crippen molar-refractivity contribution < 1.29 is 14.3 Å². The minimum atomic E-state index is -0.905. The highest BCUT2D eigenvalue weighted by Crippen LogP contribution is 2.24. The van der Waals surface area contributed by atoms with Gasteiger partial charge in [-0.25, -0.2) is 9.37 Å². The number of unbranched alkanes of at least 4 members (excludes halogenated alkanes) is 3. The number of carboxylic acid groups (broad SMARTS) is 1. The molecule has 1 aromatic rings. The summed E-state index contributed by atoms with van der Waals surface area (Å²) in [6.07, 6.45) is 4.62. The molecule has 0 radical (unpaired) electrons. The number of hydrogen-bond donors (Lipinski definition) is 1. The highest BCUT2D eigenvalue weighted by Gasteiger charge is 2.21. The Hall–Kier alpha value is -0.970. The van der Waals surface area contributed by atoms with Gasteiger partial charge < -0.3 is 5.11 Å². The quantitative estimate of drug-likeness (QED) is 0.608. The zero-order chi connectivity index (χ0) is 13.5. The van der Waals surface area contributed by atoms with E-state index in [4.69, 9.17) is 0 Å². The van der Waals surface area contributed by atoms with E-state index in [0.29, 0.717) is 12.1 Å². The summed E-state index contributed by atoms with van der Waals surface area (Å²) in [6, 6.07) is 2.69. The van der Waals surface area contributed by atoms with Gasteiger partial charge in [0.2, 0.25) is 0 Å². The first-order valence-corrected chi connectivity index (χ1v) is 6.90. The lowest BCUT2D eigenvalue weighted by atomic mass is 9.97. The molecule has 0 amide bonds. The van der Waals surface area contributed by atoms with E-state index in [1.54, 1.807) is 0 Å². The summed E-state index contributed by atoms with van der Waals surface area (Å²) >= 11 is 2.98. The lowest BCUT2D eigenvalue weighted by Crippen LogP contribution is -2.13. The summed E-state index contributed by atoms with van der Waals surface area (Å²) in [4.78, 5) is 15.2. The van der Waals surface area contributed by atoms with Crippen LogP contribution in [0.5, 0.6) is 0 Å². The van der Waals surface area contributed by atoms with E-state index in [1.807, 2.05) is 0 Å². The van der Waals surface area contributed by atoms with Crippen LogP contribution in [-0.4, -0.2) is 16.1 Å². The number of hydrogen-bond acceptors (Lipinski definition) is 2. The van der Waals surface area contributed by atoms with Gasteiger partial charge in [0.05, 0.1) is 11.6 Å². The molecule has 1 unspecified atom stereocenters. The van der Waals surface area contributed by atoms with E-state index in [2.05, 4.69) is 27.8 Å². The van der Waals surface area contributed by atoms with Crippen LogP contribution in [0, 0.1) is 5.82 Å². The summed E-state index contributed by atoms with van der Waals surface area (Å²) in [5, 5.41) is 9.19. The van der Waals surface area contributed by atoms with E-state index in [9.17, 15) is 14.3 Å². The summed E-state index contributed by atoms with van der Waals surface area (Å²) in [5.41, 5.74) is 0.410. The molecule has 0 aliphatic carbocycles. The minimum Gasteiger partial charge on any atom is -0.481 e. The first-order chi connectivity index (χ1) is 8.56. The smallest absolute Gasteiger partial charge is 0.312 e. The molecule has 0 aromatic carbocycles. The van der Waals surface area contributed by atoms with Crippen LogP contribution in [-0.2, 0) is 4.79 Å². The molecule has 1 rings (SSSR count). The van der Waals surface area contributed by atoms with Gasteiger partial charge in [0.15, 0.2) is 5.82 Å². The number of nitrogens with zero attached hydrogens (tertiary/aromatic N) is 1. The van der Waals surface area contributed by atoms with Crippen molar-refractivity contribution in [2.45, 2.75) is 44.9 Å². The molecular formula is C13H17BrFNO2. The van der Waals surface area contributed by atoms with Gasteiger partial charge in [-0.1, -0.05) is 32.6 Å². The molecule has 0 aliphatic rings. The number of pyridine rings is 1. The zero-order valence-corrected chi connectivity index (χ0v) is 11.9. The van der Waals surface area contributed by atoms with Crippen molar-refractivity contribution in [1.29, 1.82) is 0 Å². The third-order valence-corrected chi connectivity index (χ3v) is 3.38. The van der Waals surface area contributed by atoms with Crippen molar-refractivity contribution in [1.82, 2.24) is 4.98 Å². The first-order valence-electron chi connectivity index (χ1n) is 6.11. The van der Waals surface area contributed by atoms with Crippen LogP contribution in [0.3, 0.4) is 0 Å². The molecule has 0 spiro atoms. The Morgan fingerprint density at radius 2 is 2.17 bits per heavy atom. The van der Waals surface area contributed by atoms with Gasteiger partial charge in [-0.15, -0.1) is 0 Å². The molecule has 1 N–H and O–H groups in total. The predicted molar refractivity (Wildman–Crippen MR) is 71.0 cm³/mol. The highest BCUT2D eigenvalue weighted by atomic mass is 79.9. The second-order valence-electron chi connectivity index (χ2n) is 4.25. The lowest BCUT2D eigenvalue weighted by Gasteiger charge is -2.12. The van der Waals surface area contributed by atoms with E-state index >= 15 is 0 Å². The van der Waals surface area contributed by atoms with Crippen molar-refractivity contribution in [2.75, 3.05) is 0 Å². The van der Waals surface area contributed by atoms with Crippen LogP contribution in [0.25, 0.3) is 0 Å². The molecule has 0 fully saturated rings. The Morgan fingerprint density at radius 3 is 2.72 bits per heavy atom. The maximum absolute atomic E-state index is 13.1. The standard InChI is InChI=1S/C13H17BrFNO2/c1-2-3-4-5-6-9(13(17)18)11-8-7-10(15)12(14)16-11/h7-9H,2-6H2,1H3,(H,17,18). The number of aromatic nitrogens is 1. The van der Waals surface area contributed by atoms with Crippen molar-refractivity contribution in [3.8, 4) is 0 Å². The van der Waals surface area contributed by atoms with Crippen LogP contribution >= 0.6 is 15.9 Å². The molecule has 3 nitrogen and oxygen atoms in total. The molecule has 0 bridgehead atoms. The van der Waals surface area contributed by atoms with Gasteiger partial charge >= 0.3 is 5.97 Å². The maximum Gasteiger partial charge on any atom is 0.312 e. The largest absolute Gasteiger partial charge is 0.481 e. The number of rotatable bonds is 7. The number of halogens is 2. The Balaban J connectivity index is 2.71. The normalized spacial score (nSPS) is 12.4. The monoisotopic (exact) mass is 317 g/mol. The van der Waals surface area contributed by atoms with Crippen molar-refractivity contribution in [3.63, 3.8) is 0 Å². The molecule has 0 saturated heterocycles. The fraction of sp³-hybridized carbons (Fsp3) is 0.538. The minimum absolute atomic E-state index is 0.0693. The second-order valence-corrected chi connectivity index (χ2v) is 5.00. The molecule has 100 valence electrons. The molecule has 18 heavy (non-hydrogen) atoms. The molecular weight excluding hydrogens is 301 g/mol. The van der Waals surface area contributed by atoms with E-state index < -0.39 is 17.7 Å². The lowest BCUT2D eigenvalue weighted by molar-refractivity contribution is -0.139. The first kappa shape index (κ1) is 15.1. The number of aliphatic carboxylic acids is 1. The van der Waals surface area contributed by atoms with Gasteiger partial charge in [0.1, 0.15) is 4.60 Å². The van der Waals surface area contributed by atoms with Crippen LogP contribution in [0.4, 0.5) is 4.39 Å². The summed E-state index contributed by atoms with van der Waals surface area (Å²) in [5.74, 6) is -2.04. The third kappa shape index (κ3) is 4.37. The molecule has 5 heteroatoms. The fourth-order valence-electron chi connectivity index (χ4n) is 1.80. The molecule has 1 aromatic heterocycles. The molecule has 0 saturated carbocycles. The van der Waals surface area contributed by atoms with Gasteiger partial charge in [0, 0.05) is 0 Å². The van der Waals surface area contributed by atoms with Crippen LogP contribution in [0.15, 0.2) is 16.7 Å². The Bertz CT molecular complexity index is 412. The van der Waals surface area contributed by atoms with Crippen molar-refractivity contribution in [2.24, 2.45) is 0 Å². The molecule has 1 heterocycles. The Kier molecular flexibility index (Phi) is 6.25. The van der Waals surface area contributed by atoms with Crippen molar-refractivity contribution in [3.05, 3.63) is 28.2 Å². The third-order valence-electron chi connectivity index (χ3n) is 2.83. The average Bonchev–Trinajstić information content (AvgIpc) is 2.32. The van der Waals surface area contributed by atoms with Crippen LogP contribution in [0.2, 0.25) is 0 Å². The van der Waals surface area contributed by atoms with Gasteiger partial charge in [0.25, 0.3) is 0 Å². The van der Waals surface area contributed by atoms with Gasteiger partial charge in [-0.3, -0.25) is 4.79 Å². The second kappa shape index (κ2) is 7.46. The van der Waals surface area contributed by atoms with E-state index in [-0.39, 0.29) is 4.60 Å². The molecule has 1 atom stereocenters. The molecule has 0 aliphatic heterocycles. The number of carbonyl (C=O) groups is 1. The van der Waals surface area contributed by atoms with Crippen LogP contribution in [0.1, 0.15) is 50.6 Å². The summed E-state index contributed by atoms with van der Waals surface area (Å²) in [7, 11) is 0. The Labute approximate surface area is 115 Å². The SMILES string of the molecule is CCCCCCC(C(=O)O)c1ccc(F)c(Br)n1. The van der Waals surface area contributed by atoms with Crippen molar-refractivity contribution >= 4 is 21.9 Å². The summed E-state index contributed by atoms with van der Waals surface area (Å²) in [6.45, 7) is 2.10. The van der Waals surface area contributed by atoms with E-state index in [0.717, 1.165) is 25.7 Å². The van der Waals surface area contributed by atoms with Crippen LogP contribution < -0.4 is 0 Å². The highest BCUT2D eigenvalue weighted by molar-refractivity contribution is 9.10. The topological polar surface area (TPSA) is 50.2 Å². The fourth-order valence-corrected chi connectivity index (χ4v) is 2.14. The predicted octanol–water partition coefficient (Wildman–Crippen LogP) is 4.12. The summed E-state index contributed by atoms with van der Waals surface area (Å²) < 4.78 is 13.1. The van der Waals surface area contributed by atoms with Gasteiger partial charge in [-0.05, 0) is 34.5 Å². The average molecular weight is 318 g/mol. The van der Waals surface area contributed by atoms with E-state index in [1.165, 1.54) is 12.1 Å². The zero-order valence-electron chi connectivity index (χ0n) is 10.3.